The third-order valence-electron chi connectivity index (χ3n) is 6.91. The smallest absolute Gasteiger partial charge is 0.355 e. The van der Waals surface area contributed by atoms with Gasteiger partial charge in [0.1, 0.15) is 17.9 Å². The van der Waals surface area contributed by atoms with Crippen LogP contribution in [0.15, 0.2) is 24.8 Å². The summed E-state index contributed by atoms with van der Waals surface area (Å²) in [6.45, 7) is 2.58. The fourth-order valence-electron chi connectivity index (χ4n) is 5.25. The number of thiocarbonyl (C=S) groups is 1. The number of hydrogen-bond donors (Lipinski definition) is 0. The maximum absolute atomic E-state index is 12.9. The number of nitrogens with zero attached hydrogens (tertiary/aromatic N) is 8. The van der Waals surface area contributed by atoms with Gasteiger partial charge in [0.15, 0.2) is 5.65 Å². The summed E-state index contributed by atoms with van der Waals surface area (Å²) in [5, 5.41) is 3.97. The number of fused-ring (bicyclic) bond motifs is 1. The van der Waals surface area contributed by atoms with Gasteiger partial charge in [-0.3, -0.25) is 0 Å². The lowest BCUT2D eigenvalue weighted by Gasteiger charge is -2.35. The fraction of sp³-hybridized carbons (Fsp3) is 0.524. The normalized spacial score (nSPS) is 24.7. The molecule has 0 saturated carbocycles. The maximum Gasteiger partial charge on any atom is 0.451 e. The van der Waals surface area contributed by atoms with Gasteiger partial charge in [-0.15, -0.1) is 0 Å². The minimum absolute atomic E-state index is 0.0525. The molecule has 5 rings (SSSR count). The van der Waals surface area contributed by atoms with E-state index in [1.165, 1.54) is 6.20 Å². The number of anilines is 2. The SMILES string of the molecule is CC[C@@H]1C(=S)N(c2cnc(C(F)(F)F)nc2)[C@@H]([Si])[C@]12CCN(c1cnc3cnn(CC(F)F)c3n1)C2. The molecule has 2 fully saturated rings. The molecule has 0 unspecified atom stereocenters. The Labute approximate surface area is 211 Å². The second kappa shape index (κ2) is 8.94. The van der Waals surface area contributed by atoms with Crippen LogP contribution in [0.1, 0.15) is 25.6 Å². The topological polar surface area (TPSA) is 75.9 Å². The van der Waals surface area contributed by atoms with Crippen molar-refractivity contribution >= 4 is 50.1 Å². The molecule has 36 heavy (non-hydrogen) atoms. The summed E-state index contributed by atoms with van der Waals surface area (Å²) < 4.78 is 65.8. The quantitative estimate of drug-likeness (QED) is 0.277. The van der Waals surface area contributed by atoms with Crippen LogP contribution in [-0.2, 0) is 12.7 Å². The van der Waals surface area contributed by atoms with E-state index < -0.39 is 25.0 Å². The molecule has 8 nitrogen and oxygen atoms in total. The van der Waals surface area contributed by atoms with Crippen molar-refractivity contribution in [3.8, 4) is 0 Å². The molecule has 3 aromatic heterocycles. The Hall–Kier alpha value is -2.81. The van der Waals surface area contributed by atoms with Crippen molar-refractivity contribution < 1.29 is 22.0 Å². The third kappa shape index (κ3) is 4.01. The Kier molecular flexibility index (Phi) is 6.17. The van der Waals surface area contributed by atoms with Crippen LogP contribution in [0.5, 0.6) is 0 Å². The van der Waals surface area contributed by atoms with Crippen LogP contribution < -0.4 is 9.80 Å². The zero-order valence-electron chi connectivity index (χ0n) is 19.0. The molecule has 3 aromatic rings. The van der Waals surface area contributed by atoms with Crippen molar-refractivity contribution in [2.24, 2.45) is 11.3 Å². The van der Waals surface area contributed by atoms with Crippen LogP contribution in [0.25, 0.3) is 11.2 Å². The van der Waals surface area contributed by atoms with E-state index in [1.54, 1.807) is 11.1 Å². The molecular weight excluding hydrogens is 519 g/mol. The van der Waals surface area contributed by atoms with E-state index in [4.69, 9.17) is 12.2 Å². The molecule has 0 bridgehead atoms. The van der Waals surface area contributed by atoms with Gasteiger partial charge in [0.05, 0.1) is 45.7 Å². The minimum atomic E-state index is -4.64. The highest BCUT2D eigenvalue weighted by Crippen LogP contribution is 2.51. The number of alkyl halides is 5. The number of rotatable bonds is 5. The molecule has 3 atom stereocenters. The lowest BCUT2D eigenvalue weighted by atomic mass is 9.75. The average Bonchev–Trinajstić information content (AvgIpc) is 3.49. The van der Waals surface area contributed by atoms with E-state index in [1.807, 2.05) is 11.8 Å². The van der Waals surface area contributed by atoms with Crippen LogP contribution in [0.2, 0.25) is 0 Å². The highest BCUT2D eigenvalue weighted by molar-refractivity contribution is 7.80. The van der Waals surface area contributed by atoms with E-state index in [-0.39, 0.29) is 22.6 Å². The second-order valence-electron chi connectivity index (χ2n) is 8.89. The highest BCUT2D eigenvalue weighted by atomic mass is 32.1. The monoisotopic (exact) mass is 539 g/mol. The maximum atomic E-state index is 12.9. The molecule has 2 aliphatic rings. The van der Waals surface area contributed by atoms with Gasteiger partial charge in [0, 0.05) is 30.1 Å². The van der Waals surface area contributed by atoms with Gasteiger partial charge in [0.2, 0.25) is 5.82 Å². The third-order valence-corrected chi connectivity index (χ3v) is 8.22. The van der Waals surface area contributed by atoms with Crippen molar-refractivity contribution in [3.63, 3.8) is 0 Å². The summed E-state index contributed by atoms with van der Waals surface area (Å²) in [4.78, 5) is 20.3. The Morgan fingerprint density at radius 1 is 1.17 bits per heavy atom. The molecule has 3 radical (unpaired) electrons. The molecule has 0 aromatic carbocycles. The summed E-state index contributed by atoms with van der Waals surface area (Å²) in [6, 6.07) is 0. The summed E-state index contributed by atoms with van der Waals surface area (Å²) in [5.41, 5.74) is 0.361. The zero-order chi connectivity index (χ0) is 25.8. The van der Waals surface area contributed by atoms with Crippen LogP contribution in [-0.4, -0.2) is 70.1 Å². The van der Waals surface area contributed by atoms with Gasteiger partial charge in [-0.1, -0.05) is 19.1 Å². The Morgan fingerprint density at radius 2 is 1.89 bits per heavy atom. The fourth-order valence-corrected chi connectivity index (χ4v) is 6.69. The van der Waals surface area contributed by atoms with E-state index in [2.05, 4.69) is 35.3 Å². The molecule has 0 amide bonds. The van der Waals surface area contributed by atoms with Gasteiger partial charge in [-0.25, -0.2) is 33.4 Å². The van der Waals surface area contributed by atoms with Gasteiger partial charge >= 0.3 is 6.18 Å². The molecular formula is C21H20F5N8SSi. The summed E-state index contributed by atoms with van der Waals surface area (Å²) in [5.74, 6) is -0.731. The first-order valence-corrected chi connectivity index (χ1v) is 12.2. The molecule has 15 heteroatoms. The lowest BCUT2D eigenvalue weighted by molar-refractivity contribution is -0.144. The van der Waals surface area contributed by atoms with Crippen molar-refractivity contribution in [3.05, 3.63) is 30.6 Å². The van der Waals surface area contributed by atoms with Gasteiger partial charge < -0.3 is 9.80 Å². The van der Waals surface area contributed by atoms with Gasteiger partial charge in [0.25, 0.3) is 6.43 Å². The van der Waals surface area contributed by atoms with E-state index in [9.17, 15) is 22.0 Å². The predicted octanol–water partition coefficient (Wildman–Crippen LogP) is 3.47. The van der Waals surface area contributed by atoms with Crippen LogP contribution in [0, 0.1) is 11.3 Å². The summed E-state index contributed by atoms with van der Waals surface area (Å²) >= 11 is 5.79. The Bertz CT molecular complexity index is 1290. The molecule has 1 spiro atoms. The summed E-state index contributed by atoms with van der Waals surface area (Å²) in [7, 11) is 3.84. The number of aromatic nitrogens is 6. The van der Waals surface area contributed by atoms with E-state index in [0.29, 0.717) is 41.5 Å². The molecule has 0 aliphatic carbocycles. The standard InChI is InChI=1S/C21H20F5N8SSi/c1-2-12-17(35)34(11-5-28-18(29-6-11)21(24,25)26)19(36)20(12)3-4-32(10-20)15-8-27-13-7-30-33(9-14(22)23)16(13)31-15/h5-8,12,14,19H,2-4,9-10H2,1H3/t12-,19+,20+/m1/s1. The van der Waals surface area contributed by atoms with E-state index in [0.717, 1.165) is 23.5 Å². The van der Waals surface area contributed by atoms with Crippen molar-refractivity contribution in [2.45, 2.75) is 44.6 Å². The average molecular weight is 540 g/mol. The first-order chi connectivity index (χ1) is 17.0. The van der Waals surface area contributed by atoms with Crippen LogP contribution >= 0.6 is 12.2 Å². The summed E-state index contributed by atoms with van der Waals surface area (Å²) in [6.07, 6.45) is -0.509. The van der Waals surface area contributed by atoms with Crippen molar-refractivity contribution in [1.82, 2.24) is 29.7 Å². The second-order valence-corrected chi connectivity index (χ2v) is 9.86. The van der Waals surface area contributed by atoms with Crippen molar-refractivity contribution in [2.75, 3.05) is 22.9 Å². The van der Waals surface area contributed by atoms with Gasteiger partial charge in [-0.05, 0) is 12.8 Å². The minimum Gasteiger partial charge on any atom is -0.355 e. The van der Waals surface area contributed by atoms with Gasteiger partial charge in [-0.2, -0.15) is 18.3 Å². The molecule has 2 aliphatic heterocycles. The van der Waals surface area contributed by atoms with Crippen molar-refractivity contribution in [1.29, 1.82) is 0 Å². The van der Waals surface area contributed by atoms with E-state index >= 15 is 0 Å². The Morgan fingerprint density at radius 3 is 2.53 bits per heavy atom. The lowest BCUT2D eigenvalue weighted by Crippen LogP contribution is -2.44. The highest BCUT2D eigenvalue weighted by Gasteiger charge is 2.57. The largest absolute Gasteiger partial charge is 0.451 e. The first kappa shape index (κ1) is 24.9. The van der Waals surface area contributed by atoms with Crippen LogP contribution in [0.4, 0.5) is 33.5 Å². The molecule has 0 N–H and O–H groups in total. The van der Waals surface area contributed by atoms with Crippen LogP contribution in [0.3, 0.4) is 0 Å². The predicted molar refractivity (Wildman–Crippen MR) is 126 cm³/mol. The number of hydrogen-bond acceptors (Lipinski definition) is 7. The Balaban J connectivity index is 1.44. The zero-order valence-corrected chi connectivity index (χ0v) is 20.8. The number of halogens is 5. The molecule has 189 valence electrons. The molecule has 5 heterocycles. The first-order valence-electron chi connectivity index (χ1n) is 11.2. The molecule has 2 saturated heterocycles.